The number of hydrogen-bond acceptors (Lipinski definition) is 8. The van der Waals surface area contributed by atoms with Gasteiger partial charge in [-0.25, -0.2) is 13.2 Å². The van der Waals surface area contributed by atoms with Crippen molar-refractivity contribution in [1.82, 2.24) is 24.2 Å². The van der Waals surface area contributed by atoms with Gasteiger partial charge in [0.2, 0.25) is 15.9 Å². The summed E-state index contributed by atoms with van der Waals surface area (Å²) in [5.41, 5.74) is -0.493. The maximum Gasteiger partial charge on any atom is 0.410 e. The van der Waals surface area contributed by atoms with E-state index in [2.05, 4.69) is 15.0 Å². The van der Waals surface area contributed by atoms with Gasteiger partial charge in [-0.3, -0.25) is 4.90 Å². The van der Waals surface area contributed by atoms with E-state index in [0.717, 1.165) is 64.6 Å². The standard InChI is InChI=1S/C25H43N5O5S.2C2H6/c1-25(2,3)34-24(31)29-17-15-28(16-18-29)14-12-22-26-23(27-35-22)21-11-7-8-13-30(21)36(32,33)19-20-9-5-4-6-10-20;2*1-2/h20-21H,4-19H2,1-3H3;2*1-2H3. The molecule has 11 heteroatoms. The molecule has 1 saturated carbocycles. The number of amides is 1. The van der Waals surface area contributed by atoms with Gasteiger partial charge in [-0.05, 0) is 52.4 Å². The van der Waals surface area contributed by atoms with Gasteiger partial charge in [0.1, 0.15) is 5.60 Å². The van der Waals surface area contributed by atoms with E-state index in [1.807, 2.05) is 48.5 Å². The predicted octanol–water partition coefficient (Wildman–Crippen LogP) is 5.65. The second-order valence-corrected chi connectivity index (χ2v) is 13.5. The summed E-state index contributed by atoms with van der Waals surface area (Å²) in [6.45, 7) is 17.7. The van der Waals surface area contributed by atoms with E-state index >= 15 is 0 Å². The fraction of sp³-hybridized carbons (Fsp3) is 0.897. The number of sulfonamides is 1. The maximum atomic E-state index is 13.3. The predicted molar refractivity (Wildman–Crippen MR) is 159 cm³/mol. The molecule has 0 aromatic carbocycles. The lowest BCUT2D eigenvalue weighted by Gasteiger charge is -2.35. The average Bonchev–Trinajstić information content (AvgIpc) is 3.43. The van der Waals surface area contributed by atoms with Crippen LogP contribution in [0.2, 0.25) is 0 Å². The van der Waals surface area contributed by atoms with E-state index in [0.29, 0.717) is 37.8 Å². The van der Waals surface area contributed by atoms with Gasteiger partial charge >= 0.3 is 6.09 Å². The van der Waals surface area contributed by atoms with Gasteiger partial charge < -0.3 is 14.2 Å². The third kappa shape index (κ3) is 10.6. The molecule has 3 heterocycles. The Morgan fingerprint density at radius 2 is 1.55 bits per heavy atom. The van der Waals surface area contributed by atoms with Crippen molar-refractivity contribution >= 4 is 16.1 Å². The van der Waals surface area contributed by atoms with Gasteiger partial charge in [0.25, 0.3) is 0 Å². The van der Waals surface area contributed by atoms with E-state index in [9.17, 15) is 13.2 Å². The lowest BCUT2D eigenvalue weighted by atomic mass is 9.91. The van der Waals surface area contributed by atoms with E-state index in [1.54, 1.807) is 9.21 Å². The maximum absolute atomic E-state index is 13.3. The quantitative estimate of drug-likeness (QED) is 0.404. The van der Waals surface area contributed by atoms with E-state index < -0.39 is 15.6 Å². The van der Waals surface area contributed by atoms with Crippen LogP contribution < -0.4 is 0 Å². The summed E-state index contributed by atoms with van der Waals surface area (Å²) in [4.78, 5) is 20.9. The Labute approximate surface area is 243 Å². The Bertz CT molecular complexity index is 964. The van der Waals surface area contributed by atoms with Gasteiger partial charge in [-0.1, -0.05) is 58.5 Å². The summed E-state index contributed by atoms with van der Waals surface area (Å²) < 4.78 is 39.3. The molecule has 0 bridgehead atoms. The van der Waals surface area contributed by atoms with Crippen LogP contribution in [-0.4, -0.2) is 89.4 Å². The van der Waals surface area contributed by atoms with Crippen LogP contribution in [0, 0.1) is 5.92 Å². The molecule has 1 aliphatic carbocycles. The average molecular weight is 586 g/mol. The lowest BCUT2D eigenvalue weighted by molar-refractivity contribution is 0.0144. The van der Waals surface area contributed by atoms with Gasteiger partial charge in [0.05, 0.1) is 11.8 Å². The van der Waals surface area contributed by atoms with Crippen molar-refractivity contribution in [2.24, 2.45) is 5.92 Å². The van der Waals surface area contributed by atoms with Crippen LogP contribution in [0.5, 0.6) is 0 Å². The molecular weight excluding hydrogens is 530 g/mol. The van der Waals surface area contributed by atoms with Crippen LogP contribution in [-0.2, 0) is 21.2 Å². The van der Waals surface area contributed by atoms with Gasteiger partial charge in [-0.15, -0.1) is 0 Å². The second kappa shape index (κ2) is 16.7. The van der Waals surface area contributed by atoms with Crippen molar-refractivity contribution in [2.75, 3.05) is 45.0 Å². The van der Waals surface area contributed by atoms with Crippen LogP contribution >= 0.6 is 0 Å². The number of rotatable bonds is 7. The third-order valence-corrected chi connectivity index (χ3v) is 9.47. The summed E-state index contributed by atoms with van der Waals surface area (Å²) in [7, 11) is -3.36. The summed E-state index contributed by atoms with van der Waals surface area (Å²) in [6, 6.07) is -0.331. The molecule has 3 aliphatic rings. The van der Waals surface area contributed by atoms with Crippen LogP contribution in [0.1, 0.15) is 118 Å². The van der Waals surface area contributed by atoms with Crippen LogP contribution in [0.15, 0.2) is 4.52 Å². The highest BCUT2D eigenvalue weighted by atomic mass is 32.2. The summed E-state index contributed by atoms with van der Waals surface area (Å²) in [5, 5.41) is 4.20. The Balaban J connectivity index is 0.00000134. The van der Waals surface area contributed by atoms with Crippen molar-refractivity contribution < 1.29 is 22.5 Å². The topological polar surface area (TPSA) is 109 Å². The van der Waals surface area contributed by atoms with Crippen LogP contribution in [0.4, 0.5) is 4.79 Å². The van der Waals surface area contributed by atoms with E-state index in [4.69, 9.17) is 9.26 Å². The highest BCUT2D eigenvalue weighted by Gasteiger charge is 2.37. The fourth-order valence-corrected chi connectivity index (χ4v) is 7.60. The third-order valence-electron chi connectivity index (χ3n) is 7.43. The fourth-order valence-electron chi connectivity index (χ4n) is 5.48. The number of carbonyl (C=O) groups excluding carboxylic acids is 1. The smallest absolute Gasteiger partial charge is 0.410 e. The highest BCUT2D eigenvalue weighted by molar-refractivity contribution is 7.89. The first-order valence-corrected chi connectivity index (χ1v) is 17.2. The largest absolute Gasteiger partial charge is 0.444 e. The van der Waals surface area contributed by atoms with E-state index in [1.165, 1.54) is 6.42 Å². The molecule has 0 spiro atoms. The minimum Gasteiger partial charge on any atom is -0.444 e. The number of piperidine rings is 1. The molecule has 0 N–H and O–H groups in total. The number of hydrogen-bond donors (Lipinski definition) is 0. The number of ether oxygens (including phenoxy) is 1. The van der Waals surface area contributed by atoms with Crippen molar-refractivity contribution in [2.45, 2.75) is 118 Å². The molecule has 1 aromatic heterocycles. The highest BCUT2D eigenvalue weighted by Crippen LogP contribution is 2.34. The van der Waals surface area contributed by atoms with Crippen molar-refractivity contribution in [3.05, 3.63) is 11.7 Å². The summed E-state index contributed by atoms with van der Waals surface area (Å²) in [5.74, 6) is 1.54. The van der Waals surface area contributed by atoms with Gasteiger partial charge in [0, 0.05) is 45.7 Å². The molecule has 4 rings (SSSR count). The Kier molecular flexibility index (Phi) is 14.4. The zero-order chi connectivity index (χ0) is 29.8. The zero-order valence-corrected chi connectivity index (χ0v) is 27.0. The molecule has 1 amide bonds. The first-order valence-electron chi connectivity index (χ1n) is 15.6. The zero-order valence-electron chi connectivity index (χ0n) is 26.2. The molecule has 3 fully saturated rings. The molecular formula is C29H55N5O5S. The van der Waals surface area contributed by atoms with Gasteiger partial charge in [0.15, 0.2) is 5.82 Å². The SMILES string of the molecule is CC.CC.CC(C)(C)OC(=O)N1CCN(CCc2nc(C3CCCCN3S(=O)(=O)CC3CCCCC3)no2)CC1. The minimum atomic E-state index is -3.36. The number of carbonyl (C=O) groups is 1. The molecule has 2 aliphatic heterocycles. The summed E-state index contributed by atoms with van der Waals surface area (Å²) >= 11 is 0. The number of nitrogens with zero attached hydrogens (tertiary/aromatic N) is 5. The van der Waals surface area contributed by atoms with Crippen molar-refractivity contribution in [3.63, 3.8) is 0 Å². The molecule has 232 valence electrons. The molecule has 40 heavy (non-hydrogen) atoms. The lowest BCUT2D eigenvalue weighted by Crippen LogP contribution is -2.50. The number of aromatic nitrogens is 2. The minimum absolute atomic E-state index is 0.240. The molecule has 1 aromatic rings. The van der Waals surface area contributed by atoms with Crippen molar-refractivity contribution in [3.8, 4) is 0 Å². The first kappa shape index (κ1) is 34.5. The van der Waals surface area contributed by atoms with Crippen LogP contribution in [0.3, 0.4) is 0 Å². The van der Waals surface area contributed by atoms with E-state index in [-0.39, 0.29) is 23.8 Å². The van der Waals surface area contributed by atoms with Crippen LogP contribution in [0.25, 0.3) is 0 Å². The molecule has 2 saturated heterocycles. The molecule has 1 unspecified atom stereocenters. The molecule has 1 atom stereocenters. The second-order valence-electron chi connectivity index (χ2n) is 11.5. The summed E-state index contributed by atoms with van der Waals surface area (Å²) in [6.07, 6.45) is 8.41. The molecule has 10 nitrogen and oxygen atoms in total. The Morgan fingerprint density at radius 1 is 0.925 bits per heavy atom. The number of piperazine rings is 1. The monoisotopic (exact) mass is 585 g/mol. The van der Waals surface area contributed by atoms with Crippen molar-refractivity contribution in [1.29, 1.82) is 0 Å². The molecule has 0 radical (unpaired) electrons. The Morgan fingerprint density at radius 3 is 2.17 bits per heavy atom. The normalized spacial score (nSPS) is 21.6. The first-order chi connectivity index (χ1) is 19.1. The Hall–Kier alpha value is -1.72. The van der Waals surface area contributed by atoms with Gasteiger partial charge in [-0.2, -0.15) is 9.29 Å².